The summed E-state index contributed by atoms with van der Waals surface area (Å²) in [6, 6.07) is 7.75. The Morgan fingerprint density at radius 2 is 1.82 bits per heavy atom. The fraction of sp³-hybridized carbons (Fsp3) is 0.462. The minimum atomic E-state index is 0.469. The van der Waals surface area contributed by atoms with E-state index in [4.69, 9.17) is 11.6 Å². The Morgan fingerprint density at radius 1 is 1.18 bits per heavy atom. The number of carbonyl (C=O) groups is 1. The molecule has 0 unspecified atom stereocenters. The Kier molecular flexibility index (Phi) is 6.19. The van der Waals surface area contributed by atoms with Crippen molar-refractivity contribution < 1.29 is 4.79 Å². The lowest BCUT2D eigenvalue weighted by Crippen LogP contribution is -2.32. The van der Waals surface area contributed by atoms with E-state index in [1.165, 1.54) is 5.56 Å². The van der Waals surface area contributed by atoms with E-state index in [1.54, 1.807) is 0 Å². The van der Waals surface area contributed by atoms with Gasteiger partial charge in [0.05, 0.1) is 6.54 Å². The summed E-state index contributed by atoms with van der Waals surface area (Å²) in [5, 5.41) is 0.740. The Morgan fingerprint density at radius 3 is 2.35 bits per heavy atom. The van der Waals surface area contributed by atoms with Crippen LogP contribution in [0.4, 0.5) is 0 Å². The number of hydrogen-bond donors (Lipinski definition) is 0. The van der Waals surface area contributed by atoms with Crippen LogP contribution in [0.5, 0.6) is 0 Å². The average Bonchev–Trinajstić information content (AvgIpc) is 2.29. The van der Waals surface area contributed by atoms with Gasteiger partial charge in [0, 0.05) is 24.7 Å². The van der Waals surface area contributed by atoms with Crippen molar-refractivity contribution in [2.24, 2.45) is 0 Å². The molecule has 0 aliphatic heterocycles. The highest BCUT2D eigenvalue weighted by Crippen LogP contribution is 2.11. The van der Waals surface area contributed by atoms with E-state index in [2.05, 4.69) is 9.80 Å². The number of hydrogen-bond acceptors (Lipinski definition) is 3. The molecule has 0 heterocycles. The van der Waals surface area contributed by atoms with Gasteiger partial charge >= 0.3 is 0 Å². The van der Waals surface area contributed by atoms with Gasteiger partial charge in [0.2, 0.25) is 0 Å². The summed E-state index contributed by atoms with van der Waals surface area (Å²) in [5.41, 5.74) is 1.18. The highest BCUT2D eigenvalue weighted by molar-refractivity contribution is 6.30. The quantitative estimate of drug-likeness (QED) is 0.695. The van der Waals surface area contributed by atoms with Crippen LogP contribution >= 0.6 is 11.6 Å². The first kappa shape index (κ1) is 14.2. The van der Waals surface area contributed by atoms with E-state index in [0.29, 0.717) is 6.54 Å². The maximum absolute atomic E-state index is 10.6. The largest absolute Gasteiger partial charge is 0.308 e. The molecule has 0 N–H and O–H groups in total. The summed E-state index contributed by atoms with van der Waals surface area (Å²) < 4.78 is 0. The molecule has 4 heteroatoms. The predicted molar refractivity (Wildman–Crippen MR) is 71.3 cm³/mol. The molecule has 0 amide bonds. The first-order chi connectivity index (χ1) is 8.11. The summed E-state index contributed by atoms with van der Waals surface area (Å²) in [7, 11) is 4.06. The minimum Gasteiger partial charge on any atom is -0.308 e. The van der Waals surface area contributed by atoms with Crippen molar-refractivity contribution in [2.75, 3.05) is 33.7 Å². The van der Waals surface area contributed by atoms with Gasteiger partial charge in [-0.3, -0.25) is 4.90 Å². The molecule has 17 heavy (non-hydrogen) atoms. The van der Waals surface area contributed by atoms with Crippen LogP contribution in [0.3, 0.4) is 0 Å². The van der Waals surface area contributed by atoms with E-state index in [9.17, 15) is 4.79 Å². The van der Waals surface area contributed by atoms with E-state index in [1.807, 2.05) is 38.4 Å². The molecule has 0 fully saturated rings. The monoisotopic (exact) mass is 254 g/mol. The van der Waals surface area contributed by atoms with Crippen molar-refractivity contribution in [3.05, 3.63) is 34.9 Å². The second-order valence-corrected chi connectivity index (χ2v) is 4.77. The van der Waals surface area contributed by atoms with Gasteiger partial charge in [-0.05, 0) is 31.8 Å². The zero-order valence-corrected chi connectivity index (χ0v) is 11.2. The molecule has 0 atom stereocenters. The minimum absolute atomic E-state index is 0.469. The summed E-state index contributed by atoms with van der Waals surface area (Å²) >= 11 is 5.84. The zero-order valence-electron chi connectivity index (χ0n) is 10.4. The van der Waals surface area contributed by atoms with Crippen LogP contribution in [0.25, 0.3) is 0 Å². The molecule has 1 rings (SSSR count). The van der Waals surface area contributed by atoms with Gasteiger partial charge in [0.1, 0.15) is 6.29 Å². The van der Waals surface area contributed by atoms with Crippen molar-refractivity contribution >= 4 is 17.9 Å². The third-order valence-electron chi connectivity index (χ3n) is 2.52. The molecule has 94 valence electrons. The third kappa shape index (κ3) is 5.82. The van der Waals surface area contributed by atoms with Crippen LogP contribution in [0.2, 0.25) is 5.02 Å². The molecule has 3 nitrogen and oxygen atoms in total. The highest BCUT2D eigenvalue weighted by Gasteiger charge is 2.05. The van der Waals surface area contributed by atoms with E-state index in [0.717, 1.165) is 30.9 Å². The fourth-order valence-corrected chi connectivity index (χ4v) is 1.66. The summed E-state index contributed by atoms with van der Waals surface area (Å²) in [6.07, 6.45) is 0.950. The lowest BCUT2D eigenvalue weighted by atomic mass is 10.2. The Hall–Kier alpha value is -0.900. The number of likely N-dealkylation sites (N-methyl/N-ethyl adjacent to an activating group) is 1. The normalized spacial score (nSPS) is 11.1. The first-order valence-electron chi connectivity index (χ1n) is 5.67. The molecule has 1 aromatic rings. The van der Waals surface area contributed by atoms with E-state index >= 15 is 0 Å². The van der Waals surface area contributed by atoms with Crippen molar-refractivity contribution in [3.63, 3.8) is 0 Å². The number of aldehydes is 1. The van der Waals surface area contributed by atoms with Crippen molar-refractivity contribution in [1.29, 1.82) is 0 Å². The zero-order chi connectivity index (χ0) is 12.7. The van der Waals surface area contributed by atoms with E-state index in [-0.39, 0.29) is 0 Å². The van der Waals surface area contributed by atoms with Crippen molar-refractivity contribution in [2.45, 2.75) is 6.54 Å². The van der Waals surface area contributed by atoms with Gasteiger partial charge in [-0.15, -0.1) is 0 Å². The van der Waals surface area contributed by atoms with Gasteiger partial charge in [-0.1, -0.05) is 23.7 Å². The number of rotatable bonds is 7. The lowest BCUT2D eigenvalue weighted by Gasteiger charge is -2.21. The molecule has 0 aromatic heterocycles. The fourth-order valence-electron chi connectivity index (χ4n) is 1.53. The second-order valence-electron chi connectivity index (χ2n) is 4.33. The topological polar surface area (TPSA) is 23.6 Å². The van der Waals surface area contributed by atoms with Gasteiger partial charge in [0.15, 0.2) is 0 Å². The van der Waals surface area contributed by atoms with Crippen LogP contribution in [0.15, 0.2) is 24.3 Å². The molecular weight excluding hydrogens is 236 g/mol. The molecule has 0 radical (unpaired) electrons. The molecule has 0 bridgehead atoms. The molecule has 0 spiro atoms. The molecule has 1 aromatic carbocycles. The van der Waals surface area contributed by atoms with Gasteiger partial charge in [-0.25, -0.2) is 0 Å². The average molecular weight is 255 g/mol. The standard InChI is InChI=1S/C13H19ClN2O/c1-15(2)7-8-16(9-10-17)11-12-3-5-13(14)6-4-12/h3-6,10H,7-9,11H2,1-2H3. The molecule has 0 saturated carbocycles. The molecule has 0 aliphatic carbocycles. The first-order valence-corrected chi connectivity index (χ1v) is 6.05. The Bertz CT molecular complexity index is 338. The number of halogens is 1. The predicted octanol–water partition coefficient (Wildman–Crippen LogP) is 1.90. The molecule has 0 aliphatic rings. The smallest absolute Gasteiger partial charge is 0.133 e. The second kappa shape index (κ2) is 7.43. The van der Waals surface area contributed by atoms with Crippen molar-refractivity contribution in [1.82, 2.24) is 9.80 Å². The summed E-state index contributed by atoms with van der Waals surface area (Å²) in [5.74, 6) is 0. The van der Waals surface area contributed by atoms with Gasteiger partial charge in [0.25, 0.3) is 0 Å². The summed E-state index contributed by atoms with van der Waals surface area (Å²) in [6.45, 7) is 3.08. The molecule has 0 saturated heterocycles. The Balaban J connectivity index is 2.53. The van der Waals surface area contributed by atoms with Crippen molar-refractivity contribution in [3.8, 4) is 0 Å². The highest BCUT2D eigenvalue weighted by atomic mass is 35.5. The van der Waals surface area contributed by atoms with Crippen LogP contribution < -0.4 is 0 Å². The number of benzene rings is 1. The SMILES string of the molecule is CN(C)CCN(CC=O)Cc1ccc(Cl)cc1. The van der Waals surface area contributed by atoms with E-state index < -0.39 is 0 Å². The van der Waals surface area contributed by atoms with Gasteiger partial charge < -0.3 is 9.69 Å². The van der Waals surface area contributed by atoms with Gasteiger partial charge in [-0.2, -0.15) is 0 Å². The number of carbonyl (C=O) groups excluding carboxylic acids is 1. The number of nitrogens with zero attached hydrogens (tertiary/aromatic N) is 2. The Labute approximate surface area is 108 Å². The maximum Gasteiger partial charge on any atom is 0.133 e. The third-order valence-corrected chi connectivity index (χ3v) is 2.77. The molecular formula is C13H19ClN2O. The van der Waals surface area contributed by atoms with Crippen LogP contribution in [0.1, 0.15) is 5.56 Å². The van der Waals surface area contributed by atoms with Crippen LogP contribution in [-0.4, -0.2) is 49.8 Å². The van der Waals surface area contributed by atoms with Crippen LogP contribution in [0, 0.1) is 0 Å². The summed E-state index contributed by atoms with van der Waals surface area (Å²) in [4.78, 5) is 14.9. The van der Waals surface area contributed by atoms with Crippen LogP contribution in [-0.2, 0) is 11.3 Å². The maximum atomic E-state index is 10.6. The lowest BCUT2D eigenvalue weighted by molar-refractivity contribution is -0.109.